The molecule has 1 aliphatic rings. The van der Waals surface area contributed by atoms with Gasteiger partial charge in [-0.3, -0.25) is 0 Å². The van der Waals surface area contributed by atoms with Crippen molar-refractivity contribution in [2.75, 3.05) is 18.0 Å². The molecule has 0 spiro atoms. The van der Waals surface area contributed by atoms with Crippen molar-refractivity contribution in [1.82, 2.24) is 4.98 Å². The largest absolute Gasteiger partial charge is 0.457 e. The first kappa shape index (κ1) is 17.3. The molecule has 1 aromatic carbocycles. The lowest BCUT2D eigenvalue weighted by Gasteiger charge is -2.19. The monoisotopic (exact) mass is 364 g/mol. The maximum atomic E-state index is 12.7. The minimum absolute atomic E-state index is 0.00166. The van der Waals surface area contributed by atoms with Crippen LogP contribution in [0.2, 0.25) is 0 Å². The van der Waals surface area contributed by atoms with E-state index in [0.717, 1.165) is 36.9 Å². The van der Waals surface area contributed by atoms with E-state index in [-0.39, 0.29) is 6.61 Å². The quantitative estimate of drug-likeness (QED) is 0.521. The van der Waals surface area contributed by atoms with Gasteiger partial charge in [-0.25, -0.2) is 14.6 Å². The zero-order chi connectivity index (χ0) is 18.8. The minimum atomic E-state index is -0.460. The van der Waals surface area contributed by atoms with Crippen molar-refractivity contribution in [2.24, 2.45) is 0 Å². The van der Waals surface area contributed by atoms with E-state index < -0.39 is 11.6 Å². The molecule has 0 aliphatic carbocycles. The molecule has 1 aliphatic heterocycles. The van der Waals surface area contributed by atoms with Gasteiger partial charge in [0.05, 0.1) is 0 Å². The summed E-state index contributed by atoms with van der Waals surface area (Å²) in [5.74, 6) is 0.214. The van der Waals surface area contributed by atoms with Crippen LogP contribution in [0.25, 0.3) is 11.0 Å². The SMILES string of the molecule is Cc1ccc2c(COC(=O)c3cccnc3N3CCCC3)cc(=O)oc2c1. The standard InChI is InChI=1S/C21H20N2O4/c1-14-6-7-16-15(12-19(24)27-18(16)11-14)13-26-21(25)17-5-4-8-22-20(17)23-9-2-3-10-23/h4-8,11-12H,2-3,9-10,13H2,1H3. The van der Waals surface area contributed by atoms with Crippen LogP contribution in [0.5, 0.6) is 0 Å². The van der Waals surface area contributed by atoms with Crippen LogP contribution in [0.4, 0.5) is 5.82 Å². The number of anilines is 1. The number of pyridine rings is 1. The van der Waals surface area contributed by atoms with E-state index in [1.807, 2.05) is 19.1 Å². The fraction of sp³-hybridized carbons (Fsp3) is 0.286. The first-order chi connectivity index (χ1) is 13.1. The van der Waals surface area contributed by atoms with E-state index in [9.17, 15) is 9.59 Å². The summed E-state index contributed by atoms with van der Waals surface area (Å²) in [7, 11) is 0. The maximum Gasteiger partial charge on any atom is 0.342 e. The summed E-state index contributed by atoms with van der Waals surface area (Å²) in [6, 6.07) is 10.4. The Morgan fingerprint density at radius 2 is 2.04 bits per heavy atom. The molecule has 0 atom stereocenters. The van der Waals surface area contributed by atoms with E-state index in [4.69, 9.17) is 9.15 Å². The third-order valence-corrected chi connectivity index (χ3v) is 4.76. The molecule has 0 bridgehead atoms. The van der Waals surface area contributed by atoms with Crippen LogP contribution >= 0.6 is 0 Å². The van der Waals surface area contributed by atoms with Crippen molar-refractivity contribution >= 4 is 22.8 Å². The molecule has 0 radical (unpaired) electrons. The summed E-state index contributed by atoms with van der Waals surface area (Å²) < 4.78 is 10.8. The number of fused-ring (bicyclic) bond motifs is 1. The van der Waals surface area contributed by atoms with Gasteiger partial charge in [0.15, 0.2) is 0 Å². The lowest BCUT2D eigenvalue weighted by Crippen LogP contribution is -2.22. The number of ether oxygens (including phenoxy) is 1. The number of rotatable bonds is 4. The Balaban J connectivity index is 1.59. The van der Waals surface area contributed by atoms with Crippen molar-refractivity contribution in [1.29, 1.82) is 0 Å². The highest BCUT2D eigenvalue weighted by Crippen LogP contribution is 2.24. The highest BCUT2D eigenvalue weighted by atomic mass is 16.5. The molecule has 0 amide bonds. The van der Waals surface area contributed by atoms with Gasteiger partial charge >= 0.3 is 11.6 Å². The number of carbonyl (C=O) groups excluding carboxylic acids is 1. The van der Waals surface area contributed by atoms with Gasteiger partial charge in [-0.05, 0) is 43.5 Å². The third kappa shape index (κ3) is 3.56. The second kappa shape index (κ2) is 7.23. The number of hydrogen-bond acceptors (Lipinski definition) is 6. The normalized spacial score (nSPS) is 13.9. The van der Waals surface area contributed by atoms with Crippen molar-refractivity contribution < 1.29 is 13.9 Å². The Morgan fingerprint density at radius 3 is 2.85 bits per heavy atom. The summed E-state index contributed by atoms with van der Waals surface area (Å²) in [4.78, 5) is 31.0. The van der Waals surface area contributed by atoms with Gasteiger partial charge in [0.25, 0.3) is 0 Å². The highest BCUT2D eigenvalue weighted by Gasteiger charge is 2.21. The van der Waals surface area contributed by atoms with Crippen LogP contribution in [0, 0.1) is 6.92 Å². The van der Waals surface area contributed by atoms with Gasteiger partial charge in [0, 0.05) is 36.3 Å². The van der Waals surface area contributed by atoms with E-state index in [1.165, 1.54) is 6.07 Å². The number of aromatic nitrogens is 1. The Hall–Kier alpha value is -3.15. The van der Waals surface area contributed by atoms with Gasteiger partial charge in [0.1, 0.15) is 23.6 Å². The average molecular weight is 364 g/mol. The predicted octanol–water partition coefficient (Wildman–Crippen LogP) is 3.45. The van der Waals surface area contributed by atoms with Crippen LogP contribution in [0.15, 0.2) is 51.8 Å². The number of carbonyl (C=O) groups is 1. The summed E-state index contributed by atoms with van der Waals surface area (Å²) in [6.45, 7) is 3.70. The van der Waals surface area contributed by atoms with Crippen molar-refractivity contribution in [3.05, 3.63) is 69.7 Å². The molecule has 0 N–H and O–H groups in total. The third-order valence-electron chi connectivity index (χ3n) is 4.76. The zero-order valence-electron chi connectivity index (χ0n) is 15.1. The van der Waals surface area contributed by atoms with Crippen molar-refractivity contribution in [2.45, 2.75) is 26.4 Å². The lowest BCUT2D eigenvalue weighted by molar-refractivity contribution is 0.0474. The molecule has 4 rings (SSSR count). The fourth-order valence-electron chi connectivity index (χ4n) is 3.41. The Kier molecular flexibility index (Phi) is 4.62. The van der Waals surface area contributed by atoms with Gasteiger partial charge < -0.3 is 14.1 Å². The Bertz CT molecular complexity index is 1050. The molecule has 3 aromatic rings. The van der Waals surface area contributed by atoms with Crippen LogP contribution in [-0.4, -0.2) is 24.0 Å². The zero-order valence-corrected chi connectivity index (χ0v) is 15.1. The molecule has 1 saturated heterocycles. The van der Waals surface area contributed by atoms with E-state index in [1.54, 1.807) is 24.4 Å². The maximum absolute atomic E-state index is 12.7. The van der Waals surface area contributed by atoms with Crippen molar-refractivity contribution in [3.63, 3.8) is 0 Å². The molecule has 1 fully saturated rings. The number of nitrogens with zero attached hydrogens (tertiary/aromatic N) is 2. The first-order valence-corrected chi connectivity index (χ1v) is 9.02. The molecule has 0 saturated carbocycles. The summed E-state index contributed by atoms with van der Waals surface area (Å²) in [6.07, 6.45) is 3.87. The topological polar surface area (TPSA) is 72.6 Å². The van der Waals surface area contributed by atoms with Crippen LogP contribution < -0.4 is 10.5 Å². The number of esters is 1. The number of aryl methyl sites for hydroxylation is 1. The highest BCUT2D eigenvalue weighted by molar-refractivity contribution is 5.95. The molecule has 2 aromatic heterocycles. The minimum Gasteiger partial charge on any atom is -0.457 e. The molecule has 3 heterocycles. The van der Waals surface area contributed by atoms with Gasteiger partial charge in [-0.1, -0.05) is 12.1 Å². The number of hydrogen-bond donors (Lipinski definition) is 0. The summed E-state index contributed by atoms with van der Waals surface area (Å²) >= 11 is 0. The molecule has 6 nitrogen and oxygen atoms in total. The molecule has 0 unspecified atom stereocenters. The second-order valence-corrected chi connectivity index (χ2v) is 6.74. The number of benzene rings is 1. The first-order valence-electron chi connectivity index (χ1n) is 9.02. The average Bonchev–Trinajstić information content (AvgIpc) is 3.20. The van der Waals surface area contributed by atoms with E-state index in [0.29, 0.717) is 22.5 Å². The molecular formula is C21H20N2O4. The second-order valence-electron chi connectivity index (χ2n) is 6.74. The lowest BCUT2D eigenvalue weighted by atomic mass is 10.1. The Morgan fingerprint density at radius 1 is 1.22 bits per heavy atom. The smallest absolute Gasteiger partial charge is 0.342 e. The van der Waals surface area contributed by atoms with Crippen LogP contribution in [0.1, 0.15) is 34.3 Å². The fourth-order valence-corrected chi connectivity index (χ4v) is 3.41. The molecular weight excluding hydrogens is 344 g/mol. The van der Waals surface area contributed by atoms with Gasteiger partial charge in [-0.15, -0.1) is 0 Å². The van der Waals surface area contributed by atoms with Crippen LogP contribution in [-0.2, 0) is 11.3 Å². The van der Waals surface area contributed by atoms with Crippen molar-refractivity contribution in [3.8, 4) is 0 Å². The molecule has 27 heavy (non-hydrogen) atoms. The van der Waals surface area contributed by atoms with Gasteiger partial charge in [-0.2, -0.15) is 0 Å². The van der Waals surface area contributed by atoms with Gasteiger partial charge in [0.2, 0.25) is 0 Å². The molecule has 6 heteroatoms. The van der Waals surface area contributed by atoms with Crippen LogP contribution in [0.3, 0.4) is 0 Å². The summed E-state index contributed by atoms with van der Waals surface area (Å²) in [5, 5.41) is 0.763. The molecule has 138 valence electrons. The summed E-state index contributed by atoms with van der Waals surface area (Å²) in [5.41, 5.74) is 2.10. The van der Waals surface area contributed by atoms with E-state index >= 15 is 0 Å². The predicted molar refractivity (Wildman–Crippen MR) is 102 cm³/mol. The Labute approximate surface area is 156 Å². The van der Waals surface area contributed by atoms with E-state index in [2.05, 4.69) is 9.88 Å².